The fourth-order valence-corrected chi connectivity index (χ4v) is 3.42. The zero-order valence-corrected chi connectivity index (χ0v) is 15.3. The van der Waals surface area contributed by atoms with E-state index in [1.807, 2.05) is 42.0 Å². The number of rotatable bonds is 5. The summed E-state index contributed by atoms with van der Waals surface area (Å²) >= 11 is 0. The summed E-state index contributed by atoms with van der Waals surface area (Å²) in [6, 6.07) is 11.5. The number of aryl methyl sites for hydroxylation is 1. The zero-order chi connectivity index (χ0) is 19.0. The van der Waals surface area contributed by atoms with Crippen LogP contribution in [0.5, 0.6) is 11.5 Å². The van der Waals surface area contributed by atoms with E-state index in [1.54, 1.807) is 12.3 Å². The Labute approximate surface area is 157 Å². The van der Waals surface area contributed by atoms with Gasteiger partial charge in [-0.1, -0.05) is 19.1 Å². The summed E-state index contributed by atoms with van der Waals surface area (Å²) in [4.78, 5) is 16.1. The minimum atomic E-state index is -0.439. The Kier molecular flexibility index (Phi) is 4.32. The minimum absolute atomic E-state index is 0.164. The Bertz CT molecular complexity index is 1010. The molecule has 0 saturated carbocycles. The van der Waals surface area contributed by atoms with Crippen molar-refractivity contribution in [2.75, 3.05) is 6.79 Å². The Balaban J connectivity index is 1.64. The second-order valence-electron chi connectivity index (χ2n) is 6.81. The fourth-order valence-electron chi connectivity index (χ4n) is 3.42. The highest BCUT2D eigenvalue weighted by Gasteiger charge is 2.18. The van der Waals surface area contributed by atoms with Gasteiger partial charge in [-0.3, -0.25) is 4.79 Å². The van der Waals surface area contributed by atoms with Crippen LogP contribution in [0.3, 0.4) is 0 Å². The number of benzene rings is 2. The van der Waals surface area contributed by atoms with Gasteiger partial charge in [0.25, 0.3) is 0 Å². The molecule has 0 saturated heterocycles. The van der Waals surface area contributed by atoms with E-state index >= 15 is 0 Å². The molecule has 2 N–H and O–H groups in total. The van der Waals surface area contributed by atoms with Gasteiger partial charge in [-0.2, -0.15) is 0 Å². The van der Waals surface area contributed by atoms with Crippen molar-refractivity contribution in [1.29, 1.82) is 0 Å². The molecule has 1 aliphatic rings. The van der Waals surface area contributed by atoms with Crippen LogP contribution in [-0.4, -0.2) is 22.3 Å². The molecule has 1 aromatic heterocycles. The molecule has 0 radical (unpaired) electrons. The van der Waals surface area contributed by atoms with E-state index < -0.39 is 5.91 Å². The van der Waals surface area contributed by atoms with Crippen molar-refractivity contribution in [3.63, 3.8) is 0 Å². The van der Waals surface area contributed by atoms with Crippen LogP contribution in [0.25, 0.3) is 5.69 Å². The molecule has 0 aliphatic carbocycles. The first-order valence-corrected chi connectivity index (χ1v) is 8.85. The molecule has 0 spiro atoms. The van der Waals surface area contributed by atoms with E-state index in [4.69, 9.17) is 15.2 Å². The molecule has 138 valence electrons. The van der Waals surface area contributed by atoms with Gasteiger partial charge >= 0.3 is 0 Å². The van der Waals surface area contributed by atoms with Crippen LogP contribution in [0.1, 0.15) is 40.2 Å². The molecule has 6 heteroatoms. The number of nitrogens with zero attached hydrogens (tertiary/aromatic N) is 2. The van der Waals surface area contributed by atoms with Crippen molar-refractivity contribution < 1.29 is 14.3 Å². The van der Waals surface area contributed by atoms with Gasteiger partial charge in [-0.25, -0.2) is 4.98 Å². The maximum atomic E-state index is 11.6. The number of fused-ring (bicyclic) bond motifs is 1. The smallest absolute Gasteiger partial charge is 0.248 e. The predicted molar refractivity (Wildman–Crippen MR) is 102 cm³/mol. The summed E-state index contributed by atoms with van der Waals surface area (Å²) in [6.45, 7) is 4.41. The normalized spacial score (nSPS) is 13.6. The van der Waals surface area contributed by atoms with Crippen LogP contribution in [0.15, 0.2) is 48.8 Å². The average Bonchev–Trinajstić information content (AvgIpc) is 3.30. The second-order valence-corrected chi connectivity index (χ2v) is 6.81. The lowest BCUT2D eigenvalue weighted by atomic mass is 9.99. The summed E-state index contributed by atoms with van der Waals surface area (Å²) in [5.74, 6) is 2.22. The van der Waals surface area contributed by atoms with Crippen molar-refractivity contribution >= 4 is 5.91 Å². The van der Waals surface area contributed by atoms with E-state index in [0.29, 0.717) is 5.56 Å². The van der Waals surface area contributed by atoms with Crippen molar-refractivity contribution in [2.45, 2.75) is 26.2 Å². The molecular formula is C21H21N3O3. The fraction of sp³-hybridized carbons (Fsp3) is 0.238. The van der Waals surface area contributed by atoms with Gasteiger partial charge in [-0.05, 0) is 48.7 Å². The summed E-state index contributed by atoms with van der Waals surface area (Å²) in [5.41, 5.74) is 9.05. The first-order chi connectivity index (χ1) is 13.0. The molecule has 27 heavy (non-hydrogen) atoms. The standard InChI is InChI=1S/C21H21N3O3/c1-13-3-5-16(20(22)25)11-17(13)24-8-7-23-21(24)14(2)9-15-4-6-18-19(10-15)27-12-26-18/h3-8,10-11,14H,9,12H2,1-2H3,(H2,22,25)/t14-/m1/s1. The van der Waals surface area contributed by atoms with Crippen molar-refractivity contribution in [1.82, 2.24) is 9.55 Å². The van der Waals surface area contributed by atoms with E-state index in [2.05, 4.69) is 18.0 Å². The van der Waals surface area contributed by atoms with Gasteiger partial charge in [0.15, 0.2) is 11.5 Å². The van der Waals surface area contributed by atoms with Gasteiger partial charge in [0, 0.05) is 23.9 Å². The van der Waals surface area contributed by atoms with Crippen LogP contribution in [0, 0.1) is 6.92 Å². The molecule has 1 aliphatic heterocycles. The Hall–Kier alpha value is -3.28. The highest BCUT2D eigenvalue weighted by atomic mass is 16.7. The van der Waals surface area contributed by atoms with Gasteiger partial charge < -0.3 is 19.8 Å². The van der Waals surface area contributed by atoms with Gasteiger partial charge in [0.2, 0.25) is 12.7 Å². The first-order valence-electron chi connectivity index (χ1n) is 8.85. The summed E-state index contributed by atoms with van der Waals surface area (Å²) in [6.07, 6.45) is 4.50. The SMILES string of the molecule is Cc1ccc(C(N)=O)cc1-n1ccnc1[C@H](C)Cc1ccc2c(c1)OCO2. The predicted octanol–water partition coefficient (Wildman–Crippen LogP) is 3.35. The van der Waals surface area contributed by atoms with Crippen LogP contribution in [0.2, 0.25) is 0 Å². The van der Waals surface area contributed by atoms with E-state index in [1.165, 1.54) is 0 Å². The molecule has 1 amide bonds. The molecule has 6 nitrogen and oxygen atoms in total. The molecule has 2 heterocycles. The number of primary amides is 1. The average molecular weight is 363 g/mol. The maximum absolute atomic E-state index is 11.6. The first kappa shape index (κ1) is 17.1. The Morgan fingerprint density at radius 1 is 1.22 bits per heavy atom. The third kappa shape index (κ3) is 3.26. The monoisotopic (exact) mass is 363 g/mol. The molecular weight excluding hydrogens is 342 g/mol. The molecule has 4 rings (SSSR count). The number of carbonyl (C=O) groups excluding carboxylic acids is 1. The van der Waals surface area contributed by atoms with Gasteiger partial charge in [-0.15, -0.1) is 0 Å². The highest BCUT2D eigenvalue weighted by molar-refractivity contribution is 5.93. The van der Waals surface area contributed by atoms with E-state index in [0.717, 1.165) is 40.6 Å². The highest BCUT2D eigenvalue weighted by Crippen LogP contribution is 2.34. The molecule has 0 unspecified atom stereocenters. The quantitative estimate of drug-likeness (QED) is 0.754. The van der Waals surface area contributed by atoms with E-state index in [-0.39, 0.29) is 12.7 Å². The lowest BCUT2D eigenvalue weighted by molar-refractivity contribution is 0.1000. The minimum Gasteiger partial charge on any atom is -0.454 e. The largest absolute Gasteiger partial charge is 0.454 e. The number of aromatic nitrogens is 2. The van der Waals surface area contributed by atoms with Gasteiger partial charge in [0.1, 0.15) is 5.82 Å². The molecule has 1 atom stereocenters. The van der Waals surface area contributed by atoms with Gasteiger partial charge in [0.05, 0.1) is 5.69 Å². The summed E-state index contributed by atoms with van der Waals surface area (Å²) in [7, 11) is 0. The molecule has 2 aromatic carbocycles. The number of nitrogens with two attached hydrogens (primary N) is 1. The third-order valence-corrected chi connectivity index (χ3v) is 4.84. The molecule has 3 aromatic rings. The Morgan fingerprint density at radius 2 is 2.04 bits per heavy atom. The number of imidazole rings is 1. The van der Waals surface area contributed by atoms with Crippen molar-refractivity contribution in [3.8, 4) is 17.2 Å². The number of ether oxygens (including phenoxy) is 2. The summed E-state index contributed by atoms with van der Waals surface area (Å²) in [5, 5.41) is 0. The van der Waals surface area contributed by atoms with Crippen LogP contribution in [0.4, 0.5) is 0 Å². The van der Waals surface area contributed by atoms with E-state index in [9.17, 15) is 4.79 Å². The molecule has 0 fully saturated rings. The maximum Gasteiger partial charge on any atom is 0.248 e. The zero-order valence-electron chi connectivity index (χ0n) is 15.3. The van der Waals surface area contributed by atoms with Crippen LogP contribution < -0.4 is 15.2 Å². The Morgan fingerprint density at radius 3 is 2.85 bits per heavy atom. The second kappa shape index (κ2) is 6.79. The lowest BCUT2D eigenvalue weighted by Gasteiger charge is -2.16. The van der Waals surface area contributed by atoms with Crippen molar-refractivity contribution in [2.24, 2.45) is 5.73 Å². The third-order valence-electron chi connectivity index (χ3n) is 4.84. The number of carbonyl (C=O) groups is 1. The topological polar surface area (TPSA) is 79.4 Å². The lowest BCUT2D eigenvalue weighted by Crippen LogP contribution is -2.13. The molecule has 0 bridgehead atoms. The van der Waals surface area contributed by atoms with Crippen LogP contribution in [-0.2, 0) is 6.42 Å². The van der Waals surface area contributed by atoms with Crippen molar-refractivity contribution in [3.05, 3.63) is 71.3 Å². The number of hydrogen-bond acceptors (Lipinski definition) is 4. The van der Waals surface area contributed by atoms with Crippen LogP contribution >= 0.6 is 0 Å². The summed E-state index contributed by atoms with van der Waals surface area (Å²) < 4.78 is 12.9. The number of hydrogen-bond donors (Lipinski definition) is 1. The number of amides is 1.